The van der Waals surface area contributed by atoms with Crippen LogP contribution in [0.25, 0.3) is 11.1 Å². The Bertz CT molecular complexity index is 1300. The lowest BCUT2D eigenvalue weighted by molar-refractivity contribution is 0.210. The van der Waals surface area contributed by atoms with Gasteiger partial charge >= 0.3 is 0 Å². The van der Waals surface area contributed by atoms with E-state index in [4.69, 9.17) is 4.74 Å². The summed E-state index contributed by atoms with van der Waals surface area (Å²) in [5, 5.41) is 13.4. The van der Waals surface area contributed by atoms with Crippen LogP contribution >= 0.6 is 0 Å². The van der Waals surface area contributed by atoms with Crippen molar-refractivity contribution < 1.29 is 22.7 Å². The summed E-state index contributed by atoms with van der Waals surface area (Å²) in [6.45, 7) is 0.188. The van der Waals surface area contributed by atoms with Crippen LogP contribution in [-0.2, 0) is 10.0 Å². The molecule has 8 heteroatoms. The van der Waals surface area contributed by atoms with Crippen LogP contribution in [0.5, 0.6) is 5.75 Å². The number of benzene rings is 3. The van der Waals surface area contributed by atoms with Crippen molar-refractivity contribution in [2.24, 2.45) is 5.92 Å². The van der Waals surface area contributed by atoms with Crippen LogP contribution < -0.4 is 10.1 Å². The van der Waals surface area contributed by atoms with Crippen LogP contribution in [0.1, 0.15) is 18.0 Å². The summed E-state index contributed by atoms with van der Waals surface area (Å²) >= 11 is 0. The molecule has 0 radical (unpaired) electrons. The molecule has 3 atom stereocenters. The number of aliphatic hydroxyl groups is 1. The molecular formula is C25H25FN2O4S. The van der Waals surface area contributed by atoms with Gasteiger partial charge in [0.1, 0.15) is 11.6 Å². The minimum atomic E-state index is -3.94. The summed E-state index contributed by atoms with van der Waals surface area (Å²) in [7, 11) is -2.32. The molecule has 1 saturated heterocycles. The van der Waals surface area contributed by atoms with Gasteiger partial charge in [0.15, 0.2) is 0 Å². The van der Waals surface area contributed by atoms with E-state index in [9.17, 15) is 17.9 Å². The molecule has 0 amide bonds. The second-order valence-corrected chi connectivity index (χ2v) is 10.3. The van der Waals surface area contributed by atoms with Gasteiger partial charge in [-0.05, 0) is 53.9 Å². The molecule has 0 aromatic heterocycles. The normalized spacial score (nSPS) is 22.3. The molecule has 0 spiro atoms. The van der Waals surface area contributed by atoms with Crippen molar-refractivity contribution in [1.82, 2.24) is 4.31 Å². The molecule has 2 N–H and O–H groups in total. The maximum Gasteiger partial charge on any atom is 0.243 e. The molecule has 3 aromatic rings. The fourth-order valence-electron chi connectivity index (χ4n) is 5.10. The smallest absolute Gasteiger partial charge is 0.243 e. The minimum absolute atomic E-state index is 0.0651. The third-order valence-corrected chi connectivity index (χ3v) is 8.52. The molecule has 2 aliphatic heterocycles. The number of fused-ring (bicyclic) bond motifs is 3. The number of anilines is 1. The Labute approximate surface area is 192 Å². The zero-order valence-electron chi connectivity index (χ0n) is 18.1. The van der Waals surface area contributed by atoms with Gasteiger partial charge in [-0.2, -0.15) is 4.31 Å². The zero-order chi connectivity index (χ0) is 23.2. The van der Waals surface area contributed by atoms with Gasteiger partial charge in [0.2, 0.25) is 10.0 Å². The highest BCUT2D eigenvalue weighted by Crippen LogP contribution is 2.49. The predicted molar refractivity (Wildman–Crippen MR) is 124 cm³/mol. The van der Waals surface area contributed by atoms with Gasteiger partial charge in [0.25, 0.3) is 0 Å². The average Bonchev–Trinajstić information content (AvgIpc) is 3.30. The molecule has 0 saturated carbocycles. The third-order valence-electron chi connectivity index (χ3n) is 6.64. The van der Waals surface area contributed by atoms with Gasteiger partial charge in [0, 0.05) is 23.7 Å². The molecule has 0 bridgehead atoms. The van der Waals surface area contributed by atoms with Gasteiger partial charge in [-0.25, -0.2) is 12.8 Å². The van der Waals surface area contributed by atoms with Gasteiger partial charge in [-0.3, -0.25) is 0 Å². The number of hydrogen-bond donors (Lipinski definition) is 2. The van der Waals surface area contributed by atoms with E-state index in [1.54, 1.807) is 7.11 Å². The number of nitrogens with one attached hydrogen (secondary N) is 1. The lowest BCUT2D eigenvalue weighted by atomic mass is 9.82. The van der Waals surface area contributed by atoms with Crippen molar-refractivity contribution >= 4 is 15.7 Å². The molecule has 5 rings (SSSR count). The standard InChI is InChI=1S/C25H25FN2O4S/c1-32-24-8-3-2-7-19(24)16-9-10-22-21(13-16)25-20(23(15-29)27-22)11-12-28(25)33(30,31)18-6-4-5-17(26)14-18/h2-10,13-14,20,23,25,27,29H,11-12,15H2,1H3/t20-,23-,25-/m0/s1. The molecule has 3 aromatic carbocycles. The van der Waals surface area contributed by atoms with E-state index in [1.165, 1.54) is 22.5 Å². The van der Waals surface area contributed by atoms with Crippen LogP contribution in [0.2, 0.25) is 0 Å². The van der Waals surface area contributed by atoms with E-state index in [2.05, 4.69) is 5.32 Å². The van der Waals surface area contributed by atoms with E-state index >= 15 is 0 Å². The summed E-state index contributed by atoms with van der Waals surface area (Å²) in [6.07, 6.45) is 0.593. The number of para-hydroxylation sites is 1. The average molecular weight is 469 g/mol. The van der Waals surface area contributed by atoms with Crippen LogP contribution in [-0.4, -0.2) is 44.1 Å². The Hall–Kier alpha value is -2.94. The van der Waals surface area contributed by atoms with Crippen LogP contribution in [0.15, 0.2) is 71.6 Å². The Morgan fingerprint density at radius 2 is 1.94 bits per heavy atom. The minimum Gasteiger partial charge on any atom is -0.496 e. The van der Waals surface area contributed by atoms with E-state index < -0.39 is 21.9 Å². The quantitative estimate of drug-likeness (QED) is 0.591. The SMILES string of the molecule is COc1ccccc1-c1ccc2c(c1)[C@@H]1[C@@H](CCN1S(=O)(=O)c1cccc(F)c1)[C@H](CO)N2. The van der Waals surface area contributed by atoms with E-state index in [0.717, 1.165) is 34.2 Å². The number of ether oxygens (including phenoxy) is 1. The van der Waals surface area contributed by atoms with E-state index in [0.29, 0.717) is 13.0 Å². The Balaban J connectivity index is 1.63. The molecule has 0 aliphatic carbocycles. The summed E-state index contributed by atoms with van der Waals surface area (Å²) in [5.41, 5.74) is 3.44. The lowest BCUT2D eigenvalue weighted by Crippen LogP contribution is -2.42. The molecular weight excluding hydrogens is 443 g/mol. The maximum atomic E-state index is 13.8. The van der Waals surface area contributed by atoms with Crippen molar-refractivity contribution in [1.29, 1.82) is 0 Å². The van der Waals surface area contributed by atoms with Crippen LogP contribution in [0, 0.1) is 11.7 Å². The molecule has 2 aliphatic rings. The van der Waals surface area contributed by atoms with Gasteiger partial charge < -0.3 is 15.2 Å². The van der Waals surface area contributed by atoms with Gasteiger partial charge in [0.05, 0.1) is 30.7 Å². The summed E-state index contributed by atoms with van der Waals surface area (Å²) in [6, 6.07) is 17.9. The fourth-order valence-corrected chi connectivity index (χ4v) is 6.80. The number of halogens is 1. The highest BCUT2D eigenvalue weighted by atomic mass is 32.2. The number of sulfonamides is 1. The van der Waals surface area contributed by atoms with E-state index in [1.807, 2.05) is 42.5 Å². The first-order valence-electron chi connectivity index (χ1n) is 10.9. The molecule has 2 heterocycles. The van der Waals surface area contributed by atoms with Crippen molar-refractivity contribution in [2.45, 2.75) is 23.4 Å². The predicted octanol–water partition coefficient (Wildman–Crippen LogP) is 4.04. The highest BCUT2D eigenvalue weighted by molar-refractivity contribution is 7.89. The van der Waals surface area contributed by atoms with Crippen molar-refractivity contribution in [3.63, 3.8) is 0 Å². The number of methoxy groups -OCH3 is 1. The maximum absolute atomic E-state index is 13.8. The molecule has 33 heavy (non-hydrogen) atoms. The summed E-state index contributed by atoms with van der Waals surface area (Å²) in [4.78, 5) is -0.0651. The van der Waals surface area contributed by atoms with E-state index in [-0.39, 0.29) is 23.5 Å². The first-order chi connectivity index (χ1) is 15.9. The molecule has 0 unspecified atom stereocenters. The molecule has 6 nitrogen and oxygen atoms in total. The summed E-state index contributed by atoms with van der Waals surface area (Å²) in [5.74, 6) is 0.0182. The topological polar surface area (TPSA) is 78.9 Å². The number of hydrogen-bond acceptors (Lipinski definition) is 5. The lowest BCUT2D eigenvalue weighted by Gasteiger charge is -2.39. The van der Waals surface area contributed by atoms with Crippen LogP contribution in [0.4, 0.5) is 10.1 Å². The van der Waals surface area contributed by atoms with Crippen molar-refractivity contribution in [3.05, 3.63) is 78.1 Å². The van der Waals surface area contributed by atoms with Crippen LogP contribution in [0.3, 0.4) is 0 Å². The highest BCUT2D eigenvalue weighted by Gasteiger charge is 2.48. The zero-order valence-corrected chi connectivity index (χ0v) is 18.9. The monoisotopic (exact) mass is 468 g/mol. The number of nitrogens with zero attached hydrogens (tertiary/aromatic N) is 1. The number of aliphatic hydroxyl groups excluding tert-OH is 1. The Morgan fingerprint density at radius 3 is 2.70 bits per heavy atom. The first kappa shape index (κ1) is 21.9. The van der Waals surface area contributed by atoms with Crippen molar-refractivity contribution in [2.75, 3.05) is 25.6 Å². The Morgan fingerprint density at radius 1 is 1.12 bits per heavy atom. The fraction of sp³-hybridized carbons (Fsp3) is 0.280. The number of rotatable bonds is 5. The Kier molecular flexibility index (Phi) is 5.60. The second kappa shape index (κ2) is 8.44. The van der Waals surface area contributed by atoms with Gasteiger partial charge in [-0.15, -0.1) is 0 Å². The largest absolute Gasteiger partial charge is 0.496 e. The summed E-state index contributed by atoms with van der Waals surface area (Å²) < 4.78 is 47.9. The second-order valence-electron chi connectivity index (χ2n) is 8.41. The molecule has 172 valence electrons. The van der Waals surface area contributed by atoms with Gasteiger partial charge in [-0.1, -0.05) is 30.3 Å². The molecule has 1 fully saturated rings. The third kappa shape index (κ3) is 3.68. The van der Waals surface area contributed by atoms with Crippen molar-refractivity contribution in [3.8, 4) is 16.9 Å². The first-order valence-corrected chi connectivity index (χ1v) is 12.3.